The fourth-order valence-corrected chi connectivity index (χ4v) is 4.88. The van der Waals surface area contributed by atoms with E-state index >= 15 is 0 Å². The summed E-state index contributed by atoms with van der Waals surface area (Å²) in [5.74, 6) is 0.949. The minimum absolute atomic E-state index is 0.0411. The summed E-state index contributed by atoms with van der Waals surface area (Å²) in [7, 11) is 2.04. The first-order valence-corrected chi connectivity index (χ1v) is 11.1. The molecule has 6 nitrogen and oxygen atoms in total. The highest BCUT2D eigenvalue weighted by Gasteiger charge is 2.28. The van der Waals surface area contributed by atoms with Crippen molar-refractivity contribution in [1.29, 1.82) is 0 Å². The second-order valence-electron chi connectivity index (χ2n) is 8.67. The third-order valence-corrected chi connectivity index (χ3v) is 6.66. The third-order valence-electron chi connectivity index (χ3n) is 6.66. The maximum absolute atomic E-state index is 13.2. The molecule has 0 radical (unpaired) electrons. The van der Waals surface area contributed by atoms with E-state index in [1.807, 2.05) is 30.1 Å². The number of rotatable bonds is 3. The molecule has 1 saturated heterocycles. The van der Waals surface area contributed by atoms with Gasteiger partial charge in [0.05, 0.1) is 16.7 Å². The van der Waals surface area contributed by atoms with Crippen molar-refractivity contribution in [2.24, 2.45) is 12.8 Å². The van der Waals surface area contributed by atoms with E-state index in [0.29, 0.717) is 12.1 Å². The smallest absolute Gasteiger partial charge is 0.254 e. The number of para-hydroxylation sites is 1. The minimum Gasteiger partial charge on any atom is -0.338 e. The summed E-state index contributed by atoms with van der Waals surface area (Å²) in [4.78, 5) is 20.1. The number of fused-ring (bicyclic) bond motifs is 2. The Morgan fingerprint density at radius 2 is 1.94 bits per heavy atom. The molecule has 0 aliphatic carbocycles. The van der Waals surface area contributed by atoms with Gasteiger partial charge >= 0.3 is 0 Å². The summed E-state index contributed by atoms with van der Waals surface area (Å²) in [6.07, 6.45) is 1.92. The molecule has 2 aromatic heterocycles. The molecule has 0 spiro atoms. The van der Waals surface area contributed by atoms with Crippen LogP contribution in [0.15, 0.2) is 48.5 Å². The van der Waals surface area contributed by atoms with Gasteiger partial charge < -0.3 is 19.8 Å². The Morgan fingerprint density at radius 1 is 1.13 bits per heavy atom. The van der Waals surface area contributed by atoms with Crippen LogP contribution in [-0.2, 0) is 13.6 Å². The Kier molecular flexibility index (Phi) is 4.82. The van der Waals surface area contributed by atoms with Crippen molar-refractivity contribution in [1.82, 2.24) is 19.0 Å². The van der Waals surface area contributed by atoms with Crippen molar-refractivity contribution in [2.75, 3.05) is 6.54 Å². The summed E-state index contributed by atoms with van der Waals surface area (Å²) in [6.45, 7) is 5.73. The van der Waals surface area contributed by atoms with Crippen molar-refractivity contribution in [3.05, 3.63) is 54.1 Å². The van der Waals surface area contributed by atoms with Gasteiger partial charge in [-0.05, 0) is 57.0 Å². The zero-order chi connectivity index (χ0) is 21.7. The fraction of sp³-hybridized carbons (Fsp3) is 0.360. The van der Waals surface area contributed by atoms with Gasteiger partial charge in [-0.15, -0.1) is 0 Å². The number of piperidine rings is 1. The Balaban J connectivity index is 1.57. The molecular formula is C25H29N5O. The van der Waals surface area contributed by atoms with E-state index in [4.69, 9.17) is 10.7 Å². The van der Waals surface area contributed by atoms with Crippen LogP contribution >= 0.6 is 0 Å². The molecule has 2 atom stereocenters. The standard InChI is InChI=1S/C25H29N5O/c1-4-29-21-8-6-5-7-17(21)14-23(29)24-27-20-13-18(10-12-22(20)28(24)3)25(31)30-15-19(26)11-9-16(30)2/h5-8,10,12-14,16,19H,4,9,11,15,26H2,1-3H3/t16-,19+/m1/s1. The van der Waals surface area contributed by atoms with E-state index < -0.39 is 0 Å². The Morgan fingerprint density at radius 3 is 2.74 bits per heavy atom. The number of carbonyl (C=O) groups is 1. The van der Waals surface area contributed by atoms with Crippen molar-refractivity contribution in [2.45, 2.75) is 45.3 Å². The molecule has 31 heavy (non-hydrogen) atoms. The zero-order valence-corrected chi connectivity index (χ0v) is 18.4. The fourth-order valence-electron chi connectivity index (χ4n) is 4.88. The maximum atomic E-state index is 13.2. The summed E-state index contributed by atoms with van der Waals surface area (Å²) >= 11 is 0. The van der Waals surface area contributed by atoms with E-state index in [2.05, 4.69) is 53.3 Å². The number of nitrogens with two attached hydrogens (primary N) is 1. The number of imidazole rings is 1. The van der Waals surface area contributed by atoms with Gasteiger partial charge in [-0.25, -0.2) is 4.98 Å². The quantitative estimate of drug-likeness (QED) is 0.546. The average molecular weight is 416 g/mol. The average Bonchev–Trinajstić information content (AvgIpc) is 3.31. The molecule has 5 rings (SSSR count). The molecular weight excluding hydrogens is 386 g/mol. The molecule has 2 aromatic carbocycles. The number of amides is 1. The number of nitrogens with zero attached hydrogens (tertiary/aromatic N) is 4. The van der Waals surface area contributed by atoms with Crippen molar-refractivity contribution in [3.63, 3.8) is 0 Å². The second-order valence-corrected chi connectivity index (χ2v) is 8.67. The number of likely N-dealkylation sites (tertiary alicyclic amines) is 1. The highest BCUT2D eigenvalue weighted by molar-refractivity contribution is 5.98. The predicted octanol–water partition coefficient (Wildman–Crippen LogP) is 4.17. The number of hydrogen-bond acceptors (Lipinski definition) is 3. The topological polar surface area (TPSA) is 69.1 Å². The van der Waals surface area contributed by atoms with Crippen molar-refractivity contribution < 1.29 is 4.79 Å². The molecule has 2 N–H and O–H groups in total. The summed E-state index contributed by atoms with van der Waals surface area (Å²) in [5, 5.41) is 1.21. The van der Waals surface area contributed by atoms with Gasteiger partial charge in [-0.1, -0.05) is 18.2 Å². The molecule has 1 aliphatic rings. The number of benzene rings is 2. The van der Waals surface area contributed by atoms with E-state index in [-0.39, 0.29) is 18.0 Å². The molecule has 160 valence electrons. The summed E-state index contributed by atoms with van der Waals surface area (Å²) < 4.78 is 4.41. The van der Waals surface area contributed by atoms with Crippen LogP contribution in [-0.4, -0.2) is 43.6 Å². The lowest BCUT2D eigenvalue weighted by atomic mass is 9.99. The van der Waals surface area contributed by atoms with Crippen LogP contribution in [0.25, 0.3) is 33.5 Å². The second kappa shape index (κ2) is 7.54. The van der Waals surface area contributed by atoms with Crippen LogP contribution in [0, 0.1) is 0 Å². The summed E-state index contributed by atoms with van der Waals surface area (Å²) in [5.41, 5.74) is 11.0. The molecule has 1 aliphatic heterocycles. The Hall–Kier alpha value is -3.12. The van der Waals surface area contributed by atoms with Gasteiger partial charge in [-0.3, -0.25) is 4.79 Å². The molecule has 0 saturated carbocycles. The third kappa shape index (κ3) is 3.22. The van der Waals surface area contributed by atoms with Gasteiger partial charge in [0.1, 0.15) is 0 Å². The Bertz CT molecular complexity index is 1280. The van der Waals surface area contributed by atoms with Gasteiger partial charge in [-0.2, -0.15) is 0 Å². The van der Waals surface area contributed by atoms with Crippen molar-refractivity contribution in [3.8, 4) is 11.5 Å². The van der Waals surface area contributed by atoms with Gasteiger partial charge in [0.2, 0.25) is 0 Å². The molecule has 0 unspecified atom stereocenters. The SMILES string of the molecule is CCn1c(-c2nc3cc(C(=O)N4C[C@@H](N)CC[C@H]4C)ccc3n2C)cc2ccccc21. The van der Waals surface area contributed by atoms with E-state index in [1.165, 1.54) is 10.9 Å². The first kappa shape index (κ1) is 19.8. The largest absolute Gasteiger partial charge is 0.338 e. The number of hydrogen-bond donors (Lipinski definition) is 1. The lowest BCUT2D eigenvalue weighted by Gasteiger charge is -2.36. The maximum Gasteiger partial charge on any atom is 0.254 e. The van der Waals surface area contributed by atoms with Gasteiger partial charge in [0.25, 0.3) is 5.91 Å². The molecule has 1 amide bonds. The first-order valence-electron chi connectivity index (χ1n) is 11.1. The lowest BCUT2D eigenvalue weighted by molar-refractivity contribution is 0.0613. The monoisotopic (exact) mass is 415 g/mol. The lowest BCUT2D eigenvalue weighted by Crippen LogP contribution is -2.50. The Labute approximate surface area is 182 Å². The summed E-state index contributed by atoms with van der Waals surface area (Å²) in [6, 6.07) is 16.7. The van der Waals surface area contributed by atoms with Crippen molar-refractivity contribution >= 4 is 27.8 Å². The zero-order valence-electron chi connectivity index (χ0n) is 18.4. The van der Waals surface area contributed by atoms with E-state index in [0.717, 1.165) is 41.9 Å². The van der Waals surface area contributed by atoms with Crippen LogP contribution < -0.4 is 5.73 Å². The molecule has 1 fully saturated rings. The molecule has 6 heteroatoms. The molecule has 3 heterocycles. The van der Waals surface area contributed by atoms with Gasteiger partial charge in [0, 0.05) is 48.7 Å². The normalized spacial score (nSPS) is 19.4. The molecule has 4 aromatic rings. The van der Waals surface area contributed by atoms with E-state index in [9.17, 15) is 4.79 Å². The van der Waals surface area contributed by atoms with Crippen LogP contribution in [0.5, 0.6) is 0 Å². The van der Waals surface area contributed by atoms with Crippen LogP contribution in [0.3, 0.4) is 0 Å². The minimum atomic E-state index is 0.0411. The van der Waals surface area contributed by atoms with Crippen LogP contribution in [0.2, 0.25) is 0 Å². The highest BCUT2D eigenvalue weighted by Crippen LogP contribution is 2.30. The van der Waals surface area contributed by atoms with Crippen LogP contribution in [0.4, 0.5) is 0 Å². The van der Waals surface area contributed by atoms with E-state index in [1.54, 1.807) is 0 Å². The highest BCUT2D eigenvalue weighted by atomic mass is 16.2. The van der Waals surface area contributed by atoms with Crippen LogP contribution in [0.1, 0.15) is 37.0 Å². The number of aromatic nitrogens is 3. The molecule has 0 bridgehead atoms. The van der Waals surface area contributed by atoms with Gasteiger partial charge in [0.15, 0.2) is 5.82 Å². The predicted molar refractivity (Wildman–Crippen MR) is 125 cm³/mol. The first-order chi connectivity index (χ1) is 15.0. The number of carbonyl (C=O) groups excluding carboxylic acids is 1. The number of aryl methyl sites for hydroxylation is 2.